The molecule has 0 spiro atoms. The third-order valence-electron chi connectivity index (χ3n) is 2.58. The fraction of sp³-hybridized carbons (Fsp3) is 0.0833. The van der Waals surface area contributed by atoms with Gasteiger partial charge in [0.05, 0.1) is 17.6 Å². The number of hydrogen-bond acceptors (Lipinski definition) is 4. The summed E-state index contributed by atoms with van der Waals surface area (Å²) in [6.07, 6.45) is 3.50. The Kier molecular flexibility index (Phi) is 3.41. The highest BCUT2D eigenvalue weighted by Crippen LogP contribution is 2.20. The van der Waals surface area contributed by atoms with Crippen LogP contribution in [0, 0.1) is 0 Å². The monoisotopic (exact) mass is 280 g/mol. The van der Waals surface area contributed by atoms with E-state index in [0.717, 1.165) is 0 Å². The molecule has 2 rings (SSSR count). The largest absolute Gasteiger partial charge is 0.465 e. The molecule has 0 aliphatic rings. The number of primary sulfonamides is 1. The van der Waals surface area contributed by atoms with Gasteiger partial charge in [-0.2, -0.15) is 0 Å². The van der Waals surface area contributed by atoms with E-state index in [0.29, 0.717) is 5.69 Å². The highest BCUT2D eigenvalue weighted by molar-refractivity contribution is 7.89. The first-order chi connectivity index (χ1) is 8.93. The van der Waals surface area contributed by atoms with Crippen molar-refractivity contribution in [3.8, 4) is 5.69 Å². The van der Waals surface area contributed by atoms with Crippen LogP contribution in [0.4, 0.5) is 0 Å². The van der Waals surface area contributed by atoms with Crippen molar-refractivity contribution in [3.63, 3.8) is 0 Å². The van der Waals surface area contributed by atoms with Gasteiger partial charge in [0.25, 0.3) is 0 Å². The minimum Gasteiger partial charge on any atom is -0.465 e. The first kappa shape index (κ1) is 13.3. The first-order valence-corrected chi connectivity index (χ1v) is 6.86. The van der Waals surface area contributed by atoms with Gasteiger partial charge in [-0.05, 0) is 30.3 Å². The Morgan fingerprint density at radius 1 is 1.26 bits per heavy atom. The van der Waals surface area contributed by atoms with Gasteiger partial charge < -0.3 is 9.30 Å². The zero-order valence-corrected chi connectivity index (χ0v) is 10.9. The number of carbonyl (C=O) groups is 1. The van der Waals surface area contributed by atoms with Gasteiger partial charge in [-0.25, -0.2) is 18.4 Å². The molecule has 0 fully saturated rings. The molecule has 2 N–H and O–H groups in total. The molecule has 0 unspecified atom stereocenters. The summed E-state index contributed by atoms with van der Waals surface area (Å²) in [5.74, 6) is -0.747. The number of ether oxygens (including phenoxy) is 1. The predicted molar refractivity (Wildman–Crippen MR) is 68.5 cm³/mol. The maximum absolute atomic E-state index is 11.6. The summed E-state index contributed by atoms with van der Waals surface area (Å²) >= 11 is 0. The van der Waals surface area contributed by atoms with Crippen LogP contribution in [0.15, 0.2) is 47.6 Å². The van der Waals surface area contributed by atoms with Gasteiger partial charge >= 0.3 is 5.97 Å². The van der Waals surface area contributed by atoms with Crippen molar-refractivity contribution in [1.29, 1.82) is 0 Å². The van der Waals surface area contributed by atoms with Gasteiger partial charge in [0, 0.05) is 18.1 Å². The average molecular weight is 280 g/mol. The second-order valence-electron chi connectivity index (χ2n) is 3.81. The Morgan fingerprint density at radius 2 is 1.89 bits per heavy atom. The number of nitrogens with zero attached hydrogens (tertiary/aromatic N) is 1. The van der Waals surface area contributed by atoms with Gasteiger partial charge in [-0.1, -0.05) is 0 Å². The Hall–Kier alpha value is -2.12. The Bertz CT molecular complexity index is 705. The summed E-state index contributed by atoms with van der Waals surface area (Å²) in [5, 5.41) is 5.13. The summed E-state index contributed by atoms with van der Waals surface area (Å²) in [7, 11) is -2.84. The van der Waals surface area contributed by atoms with Crippen LogP contribution in [0.2, 0.25) is 0 Å². The fourth-order valence-corrected chi connectivity index (χ4v) is 2.44. The summed E-state index contributed by atoms with van der Waals surface area (Å²) in [6, 6.07) is 7.92. The highest BCUT2D eigenvalue weighted by Gasteiger charge is 2.20. The lowest BCUT2D eigenvalue weighted by Crippen LogP contribution is -2.18. The second-order valence-corrected chi connectivity index (χ2v) is 5.34. The van der Waals surface area contributed by atoms with Gasteiger partial charge in [-0.15, -0.1) is 0 Å². The molecule has 0 saturated carbocycles. The molecule has 0 aliphatic carbocycles. The van der Waals surface area contributed by atoms with E-state index in [1.807, 2.05) is 0 Å². The van der Waals surface area contributed by atoms with Crippen LogP contribution >= 0.6 is 0 Å². The Labute approximate surface area is 110 Å². The second kappa shape index (κ2) is 4.87. The molecule has 1 aromatic carbocycles. The normalized spacial score (nSPS) is 11.3. The standard InChI is InChI=1S/C12H12N2O4S/c1-18-12(15)10-5-4-9(14-6-2-3-7-14)8-11(10)19(13,16)17/h2-8H,1H3,(H2,13,16,17). The molecular formula is C12H12N2O4S. The Morgan fingerprint density at radius 3 is 2.42 bits per heavy atom. The molecule has 7 heteroatoms. The van der Waals surface area contributed by atoms with E-state index in [9.17, 15) is 13.2 Å². The van der Waals surface area contributed by atoms with Crippen LogP contribution in [0.3, 0.4) is 0 Å². The van der Waals surface area contributed by atoms with Crippen molar-refractivity contribution in [2.45, 2.75) is 4.90 Å². The van der Waals surface area contributed by atoms with Crippen LogP contribution < -0.4 is 5.14 Å². The minimum absolute atomic E-state index is 0.0825. The molecule has 1 aromatic heterocycles. The molecular weight excluding hydrogens is 268 g/mol. The van der Waals surface area contributed by atoms with E-state index in [-0.39, 0.29) is 10.5 Å². The molecule has 0 radical (unpaired) electrons. The third kappa shape index (κ3) is 2.67. The van der Waals surface area contributed by atoms with E-state index < -0.39 is 16.0 Å². The lowest BCUT2D eigenvalue weighted by Gasteiger charge is -2.09. The average Bonchev–Trinajstić information content (AvgIpc) is 2.90. The summed E-state index contributed by atoms with van der Waals surface area (Å²) in [4.78, 5) is 11.3. The molecule has 100 valence electrons. The summed E-state index contributed by atoms with van der Waals surface area (Å²) in [5.41, 5.74) is 0.502. The van der Waals surface area contributed by atoms with Crippen LogP contribution in [-0.4, -0.2) is 26.1 Å². The molecule has 0 aliphatic heterocycles. The molecule has 0 atom stereocenters. The number of benzene rings is 1. The van der Waals surface area contributed by atoms with Crippen LogP contribution in [0.25, 0.3) is 5.69 Å². The molecule has 0 amide bonds. The van der Waals surface area contributed by atoms with Gasteiger partial charge in [0.2, 0.25) is 10.0 Å². The minimum atomic E-state index is -4.02. The zero-order chi connectivity index (χ0) is 14.0. The van der Waals surface area contributed by atoms with E-state index in [1.54, 1.807) is 35.2 Å². The smallest absolute Gasteiger partial charge is 0.339 e. The number of sulfonamides is 1. The van der Waals surface area contributed by atoms with Crippen molar-refractivity contribution >= 4 is 16.0 Å². The van der Waals surface area contributed by atoms with Crippen LogP contribution in [-0.2, 0) is 14.8 Å². The molecule has 0 saturated heterocycles. The van der Waals surface area contributed by atoms with Crippen molar-refractivity contribution < 1.29 is 17.9 Å². The van der Waals surface area contributed by atoms with E-state index in [1.165, 1.54) is 19.2 Å². The molecule has 0 bridgehead atoms. The van der Waals surface area contributed by atoms with Crippen molar-refractivity contribution in [2.75, 3.05) is 7.11 Å². The fourth-order valence-electron chi connectivity index (χ4n) is 1.69. The van der Waals surface area contributed by atoms with E-state index in [2.05, 4.69) is 4.74 Å². The summed E-state index contributed by atoms with van der Waals surface area (Å²) in [6.45, 7) is 0. The molecule has 19 heavy (non-hydrogen) atoms. The number of aromatic nitrogens is 1. The van der Waals surface area contributed by atoms with Crippen molar-refractivity contribution in [1.82, 2.24) is 4.57 Å². The number of nitrogens with two attached hydrogens (primary N) is 1. The van der Waals surface area contributed by atoms with Gasteiger partial charge in [-0.3, -0.25) is 0 Å². The van der Waals surface area contributed by atoms with Gasteiger partial charge in [0.1, 0.15) is 0 Å². The number of hydrogen-bond donors (Lipinski definition) is 1. The van der Waals surface area contributed by atoms with Crippen molar-refractivity contribution in [3.05, 3.63) is 48.3 Å². The number of methoxy groups -OCH3 is 1. The first-order valence-electron chi connectivity index (χ1n) is 5.32. The maximum Gasteiger partial charge on any atom is 0.339 e. The lowest BCUT2D eigenvalue weighted by atomic mass is 10.2. The predicted octanol–water partition coefficient (Wildman–Crippen LogP) is 0.911. The SMILES string of the molecule is COC(=O)c1ccc(-n2cccc2)cc1S(N)(=O)=O. The third-order valence-corrected chi connectivity index (χ3v) is 3.53. The molecule has 1 heterocycles. The van der Waals surface area contributed by atoms with Crippen LogP contribution in [0.1, 0.15) is 10.4 Å². The maximum atomic E-state index is 11.6. The zero-order valence-electron chi connectivity index (χ0n) is 10.1. The highest BCUT2D eigenvalue weighted by atomic mass is 32.2. The number of esters is 1. The topological polar surface area (TPSA) is 91.4 Å². The van der Waals surface area contributed by atoms with Crippen molar-refractivity contribution in [2.24, 2.45) is 5.14 Å². The quantitative estimate of drug-likeness (QED) is 0.846. The Balaban J connectivity index is 2.64. The number of carbonyl (C=O) groups excluding carboxylic acids is 1. The van der Waals surface area contributed by atoms with E-state index >= 15 is 0 Å². The van der Waals surface area contributed by atoms with Crippen LogP contribution in [0.5, 0.6) is 0 Å². The molecule has 6 nitrogen and oxygen atoms in total. The van der Waals surface area contributed by atoms with E-state index in [4.69, 9.17) is 5.14 Å². The number of rotatable bonds is 3. The molecule has 2 aromatic rings. The lowest BCUT2D eigenvalue weighted by molar-refractivity contribution is 0.0596. The summed E-state index contributed by atoms with van der Waals surface area (Å²) < 4.78 is 29.4. The van der Waals surface area contributed by atoms with Gasteiger partial charge in [0.15, 0.2) is 0 Å².